The minimum atomic E-state index is -0.435. The van der Waals surface area contributed by atoms with Crippen LogP contribution in [0.3, 0.4) is 0 Å². The molecular weight excluding hydrogens is 430 g/mol. The van der Waals surface area contributed by atoms with E-state index in [9.17, 15) is 9.59 Å². The zero-order valence-electron chi connectivity index (χ0n) is 16.9. The van der Waals surface area contributed by atoms with Crippen LogP contribution in [-0.4, -0.2) is 16.7 Å². The minimum Gasteiger partial charge on any atom is -0.362 e. The van der Waals surface area contributed by atoms with E-state index in [1.54, 1.807) is 12.1 Å². The number of anilines is 1. The summed E-state index contributed by atoms with van der Waals surface area (Å²) in [5.74, 6) is -0.601. The molecule has 0 unspecified atom stereocenters. The molecule has 2 heterocycles. The van der Waals surface area contributed by atoms with Crippen molar-refractivity contribution in [2.24, 2.45) is 0 Å². The summed E-state index contributed by atoms with van der Waals surface area (Å²) in [7, 11) is 0. The van der Waals surface area contributed by atoms with E-state index in [0.29, 0.717) is 27.7 Å². The van der Waals surface area contributed by atoms with Crippen molar-refractivity contribution in [2.45, 2.75) is 32.1 Å². The Hall–Kier alpha value is -2.96. The van der Waals surface area contributed by atoms with Gasteiger partial charge < -0.3 is 5.32 Å². The molecule has 2 aliphatic rings. The van der Waals surface area contributed by atoms with E-state index in [1.807, 2.05) is 43.3 Å². The van der Waals surface area contributed by atoms with Crippen molar-refractivity contribution in [3.8, 4) is 0 Å². The third-order valence-corrected chi connectivity index (χ3v) is 6.94. The smallest absolute Gasteiger partial charge is 0.256 e. The number of carbonyl (C=O) groups is 2. The highest BCUT2D eigenvalue weighted by Crippen LogP contribution is 2.42. The van der Waals surface area contributed by atoms with Crippen LogP contribution in [0.1, 0.15) is 37.7 Å². The van der Waals surface area contributed by atoms with Crippen LogP contribution < -0.4 is 10.6 Å². The van der Waals surface area contributed by atoms with Gasteiger partial charge in [-0.25, -0.2) is 4.98 Å². The molecule has 3 aromatic rings. The van der Waals surface area contributed by atoms with Crippen molar-refractivity contribution < 1.29 is 9.59 Å². The number of nitrogens with one attached hydrogen (secondary N) is 2. The lowest BCUT2D eigenvalue weighted by atomic mass is 9.75. The average Bonchev–Trinajstić information content (AvgIpc) is 3.15. The van der Waals surface area contributed by atoms with Gasteiger partial charge in [-0.05, 0) is 49.6 Å². The highest BCUT2D eigenvalue weighted by Gasteiger charge is 2.38. The fourth-order valence-electron chi connectivity index (χ4n) is 4.36. The Bertz CT molecular complexity index is 1240. The summed E-state index contributed by atoms with van der Waals surface area (Å²) in [5.41, 5.74) is 4.63. The molecule has 1 amide bonds. The highest BCUT2D eigenvalue weighted by molar-refractivity contribution is 7.22. The van der Waals surface area contributed by atoms with Crippen LogP contribution in [0.5, 0.6) is 0 Å². The first kappa shape index (κ1) is 20.0. The third kappa shape index (κ3) is 3.66. The molecule has 2 N–H and O–H groups in total. The first-order chi connectivity index (χ1) is 15.0. The van der Waals surface area contributed by atoms with Crippen LogP contribution in [0.4, 0.5) is 5.13 Å². The van der Waals surface area contributed by atoms with Gasteiger partial charge in [-0.15, -0.1) is 0 Å². The molecule has 0 bridgehead atoms. The number of thiazole rings is 1. The van der Waals surface area contributed by atoms with Gasteiger partial charge in [-0.1, -0.05) is 47.2 Å². The second-order valence-corrected chi connectivity index (χ2v) is 9.23. The molecule has 156 valence electrons. The fraction of sp³-hybridized carbons (Fsp3) is 0.208. The lowest BCUT2D eigenvalue weighted by Gasteiger charge is -2.34. The van der Waals surface area contributed by atoms with Crippen molar-refractivity contribution in [3.63, 3.8) is 0 Å². The van der Waals surface area contributed by atoms with Gasteiger partial charge in [0.2, 0.25) is 0 Å². The zero-order chi connectivity index (χ0) is 21.5. The maximum absolute atomic E-state index is 13.5. The summed E-state index contributed by atoms with van der Waals surface area (Å²) in [6.07, 6.45) is 2.12. The van der Waals surface area contributed by atoms with Crippen molar-refractivity contribution in [2.75, 3.05) is 5.32 Å². The number of para-hydroxylation sites is 1. The molecule has 0 saturated carbocycles. The van der Waals surface area contributed by atoms with Crippen molar-refractivity contribution in [3.05, 3.63) is 81.7 Å². The standard InChI is InChI=1S/C24H20ClN3O2S/c1-13-20(23(30)28-24-27-16-5-2-3-8-19(16)31-24)21(14-9-11-15(25)12-10-14)22-17(26-13)6-4-7-18(22)29/h2-3,5,8-12,21,26H,4,6-7H2,1H3,(H,27,28,30)/t21-/m0/s1. The molecule has 0 fully saturated rings. The Labute approximate surface area is 188 Å². The van der Waals surface area contributed by atoms with Gasteiger partial charge in [0.05, 0.1) is 10.2 Å². The molecule has 0 radical (unpaired) electrons. The fourth-order valence-corrected chi connectivity index (χ4v) is 5.35. The summed E-state index contributed by atoms with van der Waals surface area (Å²) in [6.45, 7) is 1.89. The lowest BCUT2D eigenvalue weighted by molar-refractivity contribution is -0.116. The number of allylic oxidation sites excluding steroid dienone is 3. The Morgan fingerprint density at radius 2 is 1.94 bits per heavy atom. The number of dihydropyridines is 1. The second-order valence-electron chi connectivity index (χ2n) is 7.76. The summed E-state index contributed by atoms with van der Waals surface area (Å²) < 4.78 is 1.01. The number of aromatic nitrogens is 1. The van der Waals surface area contributed by atoms with E-state index in [2.05, 4.69) is 15.6 Å². The number of nitrogens with zero attached hydrogens (tertiary/aromatic N) is 1. The number of rotatable bonds is 3. The molecule has 31 heavy (non-hydrogen) atoms. The van der Waals surface area contributed by atoms with Gasteiger partial charge in [0.15, 0.2) is 10.9 Å². The summed E-state index contributed by atoms with van der Waals surface area (Å²) in [4.78, 5) is 31.0. The number of amides is 1. The number of halogens is 1. The molecule has 0 spiro atoms. The highest BCUT2D eigenvalue weighted by atomic mass is 35.5. The molecule has 0 saturated heterocycles. The molecule has 5 nitrogen and oxygen atoms in total. The van der Waals surface area contributed by atoms with E-state index in [1.165, 1.54) is 11.3 Å². The number of carbonyl (C=O) groups excluding carboxylic acids is 2. The largest absolute Gasteiger partial charge is 0.362 e. The third-order valence-electron chi connectivity index (χ3n) is 5.74. The van der Waals surface area contributed by atoms with Crippen molar-refractivity contribution in [1.82, 2.24) is 10.3 Å². The van der Waals surface area contributed by atoms with Gasteiger partial charge in [-0.2, -0.15) is 0 Å². The summed E-state index contributed by atoms with van der Waals surface area (Å²) in [5, 5.41) is 7.45. The monoisotopic (exact) mass is 449 g/mol. The zero-order valence-corrected chi connectivity index (χ0v) is 18.4. The maximum Gasteiger partial charge on any atom is 0.256 e. The number of fused-ring (bicyclic) bond motifs is 1. The molecule has 1 atom stereocenters. The molecule has 5 rings (SSSR count). The SMILES string of the molecule is CC1=C(C(=O)Nc2nc3ccccc3s2)[C@H](c2ccc(Cl)cc2)C2=C(CCCC2=O)N1. The molecule has 1 aliphatic carbocycles. The summed E-state index contributed by atoms with van der Waals surface area (Å²) in [6, 6.07) is 15.1. The Morgan fingerprint density at radius 1 is 1.16 bits per heavy atom. The molecule has 1 aliphatic heterocycles. The quantitative estimate of drug-likeness (QED) is 0.549. The van der Waals surface area contributed by atoms with Gasteiger partial charge in [0.1, 0.15) is 0 Å². The van der Waals surface area contributed by atoms with Crippen molar-refractivity contribution >= 4 is 50.0 Å². The predicted molar refractivity (Wildman–Crippen MR) is 124 cm³/mol. The lowest BCUT2D eigenvalue weighted by Crippen LogP contribution is -2.35. The number of ketones is 1. The summed E-state index contributed by atoms with van der Waals surface area (Å²) >= 11 is 7.53. The van der Waals surface area contributed by atoms with Crippen LogP contribution in [0.2, 0.25) is 5.02 Å². The Kier molecular flexibility index (Phi) is 5.12. The van der Waals surface area contributed by atoms with Gasteiger partial charge >= 0.3 is 0 Å². The molecule has 1 aromatic heterocycles. The number of hydrogen-bond donors (Lipinski definition) is 2. The average molecular weight is 450 g/mol. The Morgan fingerprint density at radius 3 is 2.71 bits per heavy atom. The van der Waals surface area contributed by atoms with Crippen LogP contribution in [0, 0.1) is 0 Å². The van der Waals surface area contributed by atoms with Gasteiger partial charge in [0, 0.05) is 39.9 Å². The van der Waals surface area contributed by atoms with E-state index < -0.39 is 5.92 Å². The molecule has 2 aromatic carbocycles. The minimum absolute atomic E-state index is 0.0893. The van der Waals surface area contributed by atoms with E-state index in [-0.39, 0.29) is 11.7 Å². The van der Waals surface area contributed by atoms with Crippen LogP contribution in [0.15, 0.2) is 71.1 Å². The van der Waals surface area contributed by atoms with E-state index in [4.69, 9.17) is 11.6 Å². The van der Waals surface area contributed by atoms with Crippen LogP contribution in [0.25, 0.3) is 10.2 Å². The molecular formula is C24H20ClN3O2S. The topological polar surface area (TPSA) is 71.1 Å². The van der Waals surface area contributed by atoms with Gasteiger partial charge in [-0.3, -0.25) is 14.9 Å². The van der Waals surface area contributed by atoms with E-state index in [0.717, 1.165) is 40.0 Å². The van der Waals surface area contributed by atoms with Crippen molar-refractivity contribution in [1.29, 1.82) is 0 Å². The first-order valence-corrected chi connectivity index (χ1v) is 11.4. The predicted octanol–water partition coefficient (Wildman–Crippen LogP) is 5.56. The number of hydrogen-bond acceptors (Lipinski definition) is 5. The number of Topliss-reactive ketones (excluding diaryl/α,β-unsaturated/α-hetero) is 1. The van der Waals surface area contributed by atoms with Crippen LogP contribution in [-0.2, 0) is 9.59 Å². The normalized spacial score (nSPS) is 18.8. The number of benzene rings is 2. The van der Waals surface area contributed by atoms with E-state index >= 15 is 0 Å². The first-order valence-electron chi connectivity index (χ1n) is 10.2. The second kappa shape index (κ2) is 7.94. The maximum atomic E-state index is 13.5. The van der Waals surface area contributed by atoms with Gasteiger partial charge in [0.25, 0.3) is 5.91 Å². The molecule has 7 heteroatoms. The van der Waals surface area contributed by atoms with Crippen LogP contribution >= 0.6 is 22.9 Å². The Balaban J connectivity index is 1.56.